The molecule has 1 N–H and O–H groups in total. The Morgan fingerprint density at radius 2 is 0.850 bits per heavy atom. The molecule has 1 radical (unpaired) electrons. The van der Waals surface area contributed by atoms with E-state index in [9.17, 15) is 4.79 Å². The number of carboxylic acid groups (broad SMARTS) is 1. The van der Waals surface area contributed by atoms with Gasteiger partial charge in [-0.3, -0.25) is 4.79 Å². The molecule has 0 atom stereocenters. The van der Waals surface area contributed by atoms with Crippen LogP contribution in [0.25, 0.3) is 0 Å². The molecular weight excluding hydrogens is 543 g/mol. The number of carboxylic acids is 1. The van der Waals surface area contributed by atoms with Gasteiger partial charge in [0, 0.05) is 23.5 Å². The Hall–Kier alpha value is -2.32. The Morgan fingerprint density at radius 3 is 1.00 bits per heavy atom. The predicted molar refractivity (Wildman–Crippen MR) is 161 cm³/mol. The fourth-order valence-electron chi connectivity index (χ4n) is 4.29. The van der Waals surface area contributed by atoms with E-state index in [2.05, 4.69) is 115 Å². The topological polar surface area (TPSA) is 90.8 Å². The Morgan fingerprint density at radius 1 is 0.625 bits per heavy atom. The van der Waals surface area contributed by atoms with Crippen LogP contribution in [0.5, 0.6) is 0 Å². The summed E-state index contributed by atoms with van der Waals surface area (Å²) in [6, 6.07) is 6.81. The maximum absolute atomic E-state index is 9.37. The van der Waals surface area contributed by atoms with E-state index in [-0.39, 0.29) is 30.6 Å². The van der Waals surface area contributed by atoms with Crippen LogP contribution in [-0.4, -0.2) is 47.3 Å². The molecule has 0 amide bonds. The molecule has 3 aromatic rings. The summed E-state index contributed by atoms with van der Waals surface area (Å²) >= 11 is 0. The van der Waals surface area contributed by atoms with E-state index in [0.29, 0.717) is 35.5 Å². The first kappa shape index (κ1) is 35.7. The quantitative estimate of drug-likeness (QED) is 0.247. The minimum Gasteiger partial charge on any atom is -0.481 e. The van der Waals surface area contributed by atoms with Crippen LogP contribution in [0.1, 0.15) is 166 Å². The first-order valence-electron chi connectivity index (χ1n) is 14.6. The van der Waals surface area contributed by atoms with Gasteiger partial charge in [-0.15, -0.1) is 0 Å². The summed E-state index contributed by atoms with van der Waals surface area (Å²) < 4.78 is 6.56. The van der Waals surface area contributed by atoms with Gasteiger partial charge in [-0.1, -0.05) is 90.0 Å². The molecule has 225 valence electrons. The molecule has 0 aliphatic rings. The van der Waals surface area contributed by atoms with Crippen molar-refractivity contribution in [2.45, 2.75) is 132 Å². The number of aromatic nitrogens is 6. The molecule has 40 heavy (non-hydrogen) atoms. The molecule has 3 rings (SSSR count). The fraction of sp³-hybridized carbons (Fsp3) is 0.667. The Bertz CT molecular complexity index is 1080. The van der Waals surface area contributed by atoms with Gasteiger partial charge in [-0.05, 0) is 70.8 Å². The van der Waals surface area contributed by atoms with Crippen LogP contribution in [0, 0.1) is 0 Å². The first-order valence-corrected chi connectivity index (χ1v) is 14.6. The number of hydrogen-bond acceptors (Lipinski definition) is 4. The first-order chi connectivity index (χ1) is 18.1. The summed E-state index contributed by atoms with van der Waals surface area (Å²) in [5, 5.41) is 23.3. The maximum atomic E-state index is 9.37. The van der Waals surface area contributed by atoms with Gasteiger partial charge < -0.3 is 18.9 Å². The molecule has 3 heterocycles. The van der Waals surface area contributed by atoms with Gasteiger partial charge >= 0.3 is 5.97 Å². The standard InChI is InChI=1S/C27H45BN6.C3H6O2.Fe/c1-16(2)22-13-25(19(7)8)32(29-22)28(33-26(20(9)10)14-23(30-33)17(3)4)34-27(21(11)12)15-24(31-34)18(5)6;1-2-3(4)5;/h13-21H,1-12H3;2H2,1H3,(H,4,5);/q-1;;. The van der Waals surface area contributed by atoms with Gasteiger partial charge in [-0.25, -0.2) is 15.3 Å². The zero-order chi connectivity index (χ0) is 29.8. The number of carbonyl (C=O) groups is 1. The van der Waals surface area contributed by atoms with Gasteiger partial charge in [0.15, 0.2) is 0 Å². The monoisotopic (exact) mass is 594 g/mol. The fourth-order valence-corrected chi connectivity index (χ4v) is 4.29. The normalized spacial score (nSPS) is 11.8. The molecule has 10 heteroatoms. The van der Waals surface area contributed by atoms with E-state index in [1.165, 1.54) is 17.1 Å². The second-order valence-corrected chi connectivity index (χ2v) is 12.3. The van der Waals surface area contributed by atoms with Gasteiger partial charge in [0.2, 0.25) is 0 Å². The third-order valence-electron chi connectivity index (χ3n) is 6.86. The van der Waals surface area contributed by atoms with Crippen LogP contribution >= 0.6 is 0 Å². The minimum absolute atomic E-state index is 0. The van der Waals surface area contributed by atoms with E-state index < -0.39 is 5.97 Å². The third kappa shape index (κ3) is 8.35. The molecule has 0 aliphatic carbocycles. The van der Waals surface area contributed by atoms with Crippen molar-refractivity contribution in [1.29, 1.82) is 0 Å². The van der Waals surface area contributed by atoms with Crippen LogP contribution in [0.3, 0.4) is 0 Å². The maximum Gasteiger partial charge on any atom is 0.303 e. The average Bonchev–Trinajstić information content (AvgIpc) is 3.57. The molecule has 0 aliphatic heterocycles. The molecule has 8 nitrogen and oxygen atoms in total. The van der Waals surface area contributed by atoms with Crippen molar-refractivity contribution < 1.29 is 27.0 Å². The second-order valence-electron chi connectivity index (χ2n) is 12.3. The van der Waals surface area contributed by atoms with Crippen LogP contribution in [-0.2, 0) is 21.9 Å². The molecule has 0 fully saturated rings. The summed E-state index contributed by atoms with van der Waals surface area (Å²) in [6.07, 6.45) is 0.222. The number of aliphatic carboxylic acids is 1. The van der Waals surface area contributed by atoms with Gasteiger partial charge in [0.25, 0.3) is 7.12 Å². The molecular formula is C30H51BFeN6O2-. The zero-order valence-corrected chi connectivity index (χ0v) is 28.0. The Labute approximate surface area is 252 Å². The van der Waals surface area contributed by atoms with Crippen LogP contribution in [0.15, 0.2) is 18.2 Å². The van der Waals surface area contributed by atoms with E-state index in [4.69, 9.17) is 20.4 Å². The molecule has 0 aromatic carbocycles. The van der Waals surface area contributed by atoms with Crippen molar-refractivity contribution in [3.63, 3.8) is 0 Å². The number of rotatable bonds is 10. The minimum atomic E-state index is -0.745. The zero-order valence-electron chi connectivity index (χ0n) is 26.9. The Kier molecular flexibility index (Phi) is 13.4. The molecule has 0 saturated heterocycles. The molecule has 0 unspecified atom stereocenters. The summed E-state index contributed by atoms with van der Waals surface area (Å²) in [7, 11) is -0.292. The van der Waals surface area contributed by atoms with Crippen molar-refractivity contribution in [2.75, 3.05) is 0 Å². The van der Waals surface area contributed by atoms with Crippen LogP contribution < -0.4 is 0 Å². The van der Waals surface area contributed by atoms with Gasteiger partial charge in [-0.2, -0.15) is 0 Å². The summed E-state index contributed by atoms with van der Waals surface area (Å²) in [6.45, 7) is 28.3. The van der Waals surface area contributed by atoms with E-state index in [1.807, 2.05) is 0 Å². The molecule has 0 bridgehead atoms. The second kappa shape index (κ2) is 15.1. The van der Waals surface area contributed by atoms with Crippen LogP contribution in [0.4, 0.5) is 0 Å². The Balaban J connectivity index is 0.00000122. The van der Waals surface area contributed by atoms with Crippen molar-refractivity contribution >= 4 is 13.1 Å². The van der Waals surface area contributed by atoms with Crippen LogP contribution in [0.2, 0.25) is 0 Å². The molecule has 0 saturated carbocycles. The summed E-state index contributed by atoms with van der Waals surface area (Å²) in [5.41, 5.74) is 6.96. The third-order valence-corrected chi connectivity index (χ3v) is 6.86. The van der Waals surface area contributed by atoms with E-state index in [1.54, 1.807) is 6.92 Å². The molecule has 0 spiro atoms. The number of hydrogen-bond donors (Lipinski definition) is 1. The predicted octanol–water partition coefficient (Wildman–Crippen LogP) is 7.42. The van der Waals surface area contributed by atoms with Crippen molar-refractivity contribution in [2.24, 2.45) is 0 Å². The summed E-state index contributed by atoms with van der Waals surface area (Å²) in [5.74, 6) is 1.28. The van der Waals surface area contributed by atoms with Crippen molar-refractivity contribution in [3.05, 3.63) is 52.4 Å². The summed E-state index contributed by atoms with van der Waals surface area (Å²) in [4.78, 5) is 9.37. The molecule has 3 aromatic heterocycles. The largest absolute Gasteiger partial charge is 0.481 e. The SMILES string of the molecule is CC(C)c1cc(C(C)C)n([B-](n2nc(C(C)C)cc2C(C)C)n2nc(C(C)C)cc2C(C)C)n1.CCC(=O)O.[Fe]. The van der Waals surface area contributed by atoms with E-state index >= 15 is 0 Å². The van der Waals surface area contributed by atoms with E-state index in [0.717, 1.165) is 17.1 Å². The van der Waals surface area contributed by atoms with Gasteiger partial charge in [0.1, 0.15) is 0 Å². The van der Waals surface area contributed by atoms with Crippen molar-refractivity contribution in [3.8, 4) is 0 Å². The van der Waals surface area contributed by atoms with Crippen molar-refractivity contribution in [1.82, 2.24) is 29.1 Å². The van der Waals surface area contributed by atoms with Gasteiger partial charge in [0.05, 0.1) is 17.1 Å². The smallest absolute Gasteiger partial charge is 0.303 e. The average molecular weight is 594 g/mol. The number of nitrogens with zero attached hydrogens (tertiary/aromatic N) is 6.